The van der Waals surface area contributed by atoms with E-state index in [-0.39, 0.29) is 0 Å². The Kier molecular flexibility index (Phi) is 5.10. The minimum atomic E-state index is -0.772. The molecule has 1 aliphatic heterocycles. The summed E-state index contributed by atoms with van der Waals surface area (Å²) in [5, 5.41) is 9.95. The maximum absolute atomic E-state index is 9.95. The fourth-order valence-electron chi connectivity index (χ4n) is 1.60. The molecular formula is C12H22NO2+. The zero-order chi connectivity index (χ0) is 11.1. The first kappa shape index (κ1) is 12.5. The smallest absolute Gasteiger partial charge is 0.139 e. The molecule has 0 atom stereocenters. The van der Waals surface area contributed by atoms with Gasteiger partial charge in [-0.2, -0.15) is 0 Å². The SMILES string of the molecule is CCC(O)(C#CC[NH+]1CCOCC1)CC. The van der Waals surface area contributed by atoms with E-state index in [1.807, 2.05) is 13.8 Å². The number of rotatable bonds is 3. The van der Waals surface area contributed by atoms with Gasteiger partial charge in [0.05, 0.1) is 13.2 Å². The average molecular weight is 212 g/mol. The van der Waals surface area contributed by atoms with Crippen molar-refractivity contribution >= 4 is 0 Å². The second-order valence-electron chi connectivity index (χ2n) is 4.08. The van der Waals surface area contributed by atoms with Crippen LogP contribution in [0.5, 0.6) is 0 Å². The van der Waals surface area contributed by atoms with E-state index in [0.717, 1.165) is 32.8 Å². The predicted molar refractivity (Wildman–Crippen MR) is 59.7 cm³/mol. The van der Waals surface area contributed by atoms with Crippen molar-refractivity contribution in [2.45, 2.75) is 32.3 Å². The van der Waals surface area contributed by atoms with Crippen LogP contribution < -0.4 is 4.90 Å². The van der Waals surface area contributed by atoms with Crippen molar-refractivity contribution < 1.29 is 14.7 Å². The van der Waals surface area contributed by atoms with Crippen LogP contribution in [0, 0.1) is 11.8 Å². The standard InChI is InChI=1S/C12H21NO2/c1-3-12(14,4-2)6-5-7-13-8-10-15-11-9-13/h14H,3-4,7-11H2,1-2H3/p+1. The molecule has 0 amide bonds. The second kappa shape index (κ2) is 6.12. The first-order valence-corrected chi connectivity index (χ1v) is 5.84. The summed E-state index contributed by atoms with van der Waals surface area (Å²) in [4.78, 5) is 1.46. The summed E-state index contributed by atoms with van der Waals surface area (Å²) in [5.41, 5.74) is -0.772. The Morgan fingerprint density at radius 1 is 1.27 bits per heavy atom. The zero-order valence-corrected chi connectivity index (χ0v) is 9.81. The van der Waals surface area contributed by atoms with E-state index < -0.39 is 5.60 Å². The van der Waals surface area contributed by atoms with Crippen LogP contribution in [-0.2, 0) is 4.74 Å². The van der Waals surface area contributed by atoms with Crippen LogP contribution >= 0.6 is 0 Å². The Morgan fingerprint density at radius 2 is 1.87 bits per heavy atom. The van der Waals surface area contributed by atoms with Crippen LogP contribution in [0.15, 0.2) is 0 Å². The van der Waals surface area contributed by atoms with E-state index in [9.17, 15) is 5.11 Å². The number of hydrogen-bond donors (Lipinski definition) is 2. The van der Waals surface area contributed by atoms with Crippen molar-refractivity contribution in [3.05, 3.63) is 0 Å². The lowest BCUT2D eigenvalue weighted by atomic mass is 9.98. The van der Waals surface area contributed by atoms with E-state index in [4.69, 9.17) is 4.74 Å². The van der Waals surface area contributed by atoms with E-state index in [2.05, 4.69) is 11.8 Å². The normalized spacial score (nSPS) is 18.3. The van der Waals surface area contributed by atoms with Gasteiger partial charge in [-0.1, -0.05) is 19.8 Å². The van der Waals surface area contributed by atoms with E-state index in [1.54, 1.807) is 0 Å². The van der Waals surface area contributed by atoms with Gasteiger partial charge in [-0.25, -0.2) is 0 Å². The lowest BCUT2D eigenvalue weighted by Gasteiger charge is -2.22. The highest BCUT2D eigenvalue weighted by molar-refractivity contribution is 5.12. The van der Waals surface area contributed by atoms with Crippen LogP contribution in [0.4, 0.5) is 0 Å². The molecule has 1 fully saturated rings. The Balaban J connectivity index is 2.36. The number of morpholine rings is 1. The third-order valence-electron chi connectivity index (χ3n) is 3.03. The molecule has 0 unspecified atom stereocenters. The Hall–Kier alpha value is -0.560. The molecular weight excluding hydrogens is 190 g/mol. The van der Waals surface area contributed by atoms with E-state index >= 15 is 0 Å². The highest BCUT2D eigenvalue weighted by atomic mass is 16.5. The number of ether oxygens (including phenoxy) is 1. The Bertz CT molecular complexity index is 232. The minimum absolute atomic E-state index is 0.703. The Labute approximate surface area is 92.4 Å². The molecule has 1 aliphatic rings. The maximum atomic E-state index is 9.95. The first-order valence-electron chi connectivity index (χ1n) is 5.84. The number of nitrogens with one attached hydrogen (secondary N) is 1. The summed E-state index contributed by atoms with van der Waals surface area (Å²) in [5.74, 6) is 6.09. The van der Waals surface area contributed by atoms with Gasteiger partial charge in [-0.15, -0.1) is 0 Å². The van der Waals surface area contributed by atoms with Crippen molar-refractivity contribution in [1.29, 1.82) is 0 Å². The molecule has 3 nitrogen and oxygen atoms in total. The quantitative estimate of drug-likeness (QED) is 0.616. The maximum Gasteiger partial charge on any atom is 0.139 e. The molecule has 0 saturated carbocycles. The molecule has 2 N–H and O–H groups in total. The molecule has 0 aromatic heterocycles. The van der Waals surface area contributed by atoms with Gasteiger partial charge in [0.15, 0.2) is 0 Å². The molecule has 3 heteroatoms. The molecule has 0 aromatic rings. The summed E-state index contributed by atoms with van der Waals surface area (Å²) in [6.45, 7) is 8.51. The van der Waals surface area contributed by atoms with Crippen LogP contribution in [0.3, 0.4) is 0 Å². The molecule has 1 heterocycles. The molecule has 0 spiro atoms. The number of quaternary nitrogens is 1. The van der Waals surface area contributed by atoms with Gasteiger partial charge in [0.25, 0.3) is 0 Å². The van der Waals surface area contributed by atoms with Gasteiger partial charge in [0.2, 0.25) is 0 Å². The molecule has 86 valence electrons. The molecule has 1 rings (SSSR count). The molecule has 1 saturated heterocycles. The van der Waals surface area contributed by atoms with Gasteiger partial charge < -0.3 is 14.7 Å². The number of hydrogen-bond acceptors (Lipinski definition) is 2. The van der Waals surface area contributed by atoms with Gasteiger partial charge in [0.1, 0.15) is 25.2 Å². The lowest BCUT2D eigenvalue weighted by molar-refractivity contribution is -0.900. The minimum Gasteiger partial charge on any atom is -0.378 e. The van der Waals surface area contributed by atoms with Crippen LogP contribution in [-0.4, -0.2) is 43.6 Å². The fourth-order valence-corrected chi connectivity index (χ4v) is 1.60. The van der Waals surface area contributed by atoms with Gasteiger partial charge >= 0.3 is 0 Å². The monoisotopic (exact) mass is 212 g/mol. The molecule has 0 aromatic carbocycles. The summed E-state index contributed by atoms with van der Waals surface area (Å²) < 4.78 is 5.27. The van der Waals surface area contributed by atoms with E-state index in [1.165, 1.54) is 4.90 Å². The van der Waals surface area contributed by atoms with Crippen molar-refractivity contribution in [3.8, 4) is 11.8 Å². The summed E-state index contributed by atoms with van der Waals surface area (Å²) in [6, 6.07) is 0. The molecule has 0 radical (unpaired) electrons. The Morgan fingerprint density at radius 3 is 2.40 bits per heavy atom. The lowest BCUT2D eigenvalue weighted by Crippen LogP contribution is -3.14. The first-order chi connectivity index (χ1) is 7.20. The van der Waals surface area contributed by atoms with Gasteiger partial charge in [-0.05, 0) is 18.8 Å². The second-order valence-corrected chi connectivity index (χ2v) is 4.08. The van der Waals surface area contributed by atoms with Crippen molar-refractivity contribution in [2.24, 2.45) is 0 Å². The predicted octanol–water partition coefficient (Wildman–Crippen LogP) is -0.544. The highest BCUT2D eigenvalue weighted by Crippen LogP contribution is 2.11. The largest absolute Gasteiger partial charge is 0.378 e. The van der Waals surface area contributed by atoms with Gasteiger partial charge in [-0.3, -0.25) is 0 Å². The molecule has 15 heavy (non-hydrogen) atoms. The van der Waals surface area contributed by atoms with Crippen LogP contribution in [0.1, 0.15) is 26.7 Å². The molecule has 0 aliphatic carbocycles. The average Bonchev–Trinajstić information content (AvgIpc) is 2.30. The third-order valence-corrected chi connectivity index (χ3v) is 3.03. The van der Waals surface area contributed by atoms with Gasteiger partial charge in [0, 0.05) is 0 Å². The van der Waals surface area contributed by atoms with Crippen molar-refractivity contribution in [3.63, 3.8) is 0 Å². The summed E-state index contributed by atoms with van der Waals surface area (Å²) in [7, 11) is 0. The number of aliphatic hydroxyl groups is 1. The summed E-state index contributed by atoms with van der Waals surface area (Å²) >= 11 is 0. The zero-order valence-electron chi connectivity index (χ0n) is 9.81. The fraction of sp³-hybridized carbons (Fsp3) is 0.833. The summed E-state index contributed by atoms with van der Waals surface area (Å²) in [6.07, 6.45) is 1.41. The van der Waals surface area contributed by atoms with Crippen molar-refractivity contribution in [1.82, 2.24) is 0 Å². The third kappa shape index (κ3) is 4.21. The topological polar surface area (TPSA) is 33.9 Å². The van der Waals surface area contributed by atoms with Crippen LogP contribution in [0.25, 0.3) is 0 Å². The highest BCUT2D eigenvalue weighted by Gasteiger charge is 2.18. The molecule has 0 bridgehead atoms. The van der Waals surface area contributed by atoms with E-state index in [0.29, 0.717) is 12.8 Å². The van der Waals surface area contributed by atoms with Crippen LogP contribution in [0.2, 0.25) is 0 Å². The van der Waals surface area contributed by atoms with Crippen molar-refractivity contribution in [2.75, 3.05) is 32.8 Å².